The Kier molecular flexibility index (Phi) is 1.59. The van der Waals surface area contributed by atoms with Gasteiger partial charge in [0.2, 0.25) is 0 Å². The van der Waals surface area contributed by atoms with Gasteiger partial charge in [-0.05, 0) is 37.6 Å². The van der Waals surface area contributed by atoms with Crippen LogP contribution in [0.3, 0.4) is 0 Å². The molecule has 0 spiro atoms. The van der Waals surface area contributed by atoms with Crippen LogP contribution in [-0.4, -0.2) is 4.57 Å². The summed E-state index contributed by atoms with van der Waals surface area (Å²) in [7, 11) is 2.06. The van der Waals surface area contributed by atoms with Crippen molar-refractivity contribution in [3.63, 3.8) is 0 Å². The number of aromatic nitrogens is 1. The topological polar surface area (TPSA) is 30.9 Å². The van der Waals surface area contributed by atoms with Gasteiger partial charge in [0.05, 0.1) is 5.52 Å². The average Bonchev–Trinajstić information content (AvgIpc) is 2.32. The van der Waals surface area contributed by atoms with Crippen molar-refractivity contribution in [1.82, 2.24) is 4.57 Å². The SMILES string of the molecule is Cc1cc2cc(C)n(C)c2cc1N. The summed E-state index contributed by atoms with van der Waals surface area (Å²) in [5.74, 6) is 0. The molecular formula is C11H14N2. The van der Waals surface area contributed by atoms with E-state index in [1.807, 2.05) is 13.0 Å². The largest absolute Gasteiger partial charge is 0.398 e. The summed E-state index contributed by atoms with van der Waals surface area (Å²) in [6.45, 7) is 4.14. The van der Waals surface area contributed by atoms with Crippen molar-refractivity contribution in [3.05, 3.63) is 29.5 Å². The lowest BCUT2D eigenvalue weighted by Gasteiger charge is -2.02. The zero-order valence-electron chi connectivity index (χ0n) is 8.26. The van der Waals surface area contributed by atoms with E-state index in [9.17, 15) is 0 Å². The second-order valence-electron chi connectivity index (χ2n) is 3.61. The number of hydrogen-bond acceptors (Lipinski definition) is 1. The van der Waals surface area contributed by atoms with Crippen molar-refractivity contribution in [2.75, 3.05) is 5.73 Å². The summed E-state index contributed by atoms with van der Waals surface area (Å²) in [6, 6.07) is 6.36. The van der Waals surface area contributed by atoms with E-state index in [4.69, 9.17) is 5.73 Å². The van der Waals surface area contributed by atoms with Gasteiger partial charge in [-0.3, -0.25) is 0 Å². The standard InChI is InChI=1S/C11H14N2/c1-7-4-9-5-8(2)13(3)11(9)6-10(7)12/h4-6H,12H2,1-3H3. The molecule has 0 amide bonds. The van der Waals surface area contributed by atoms with Crippen LogP contribution in [0.15, 0.2) is 18.2 Å². The first-order valence-corrected chi connectivity index (χ1v) is 4.42. The molecule has 1 heterocycles. The molecule has 0 radical (unpaired) electrons. The summed E-state index contributed by atoms with van der Waals surface area (Å²) in [4.78, 5) is 0. The normalized spacial score (nSPS) is 11.0. The quantitative estimate of drug-likeness (QED) is 0.611. The lowest BCUT2D eigenvalue weighted by atomic mass is 10.1. The third-order valence-corrected chi connectivity index (χ3v) is 2.67. The second-order valence-corrected chi connectivity index (χ2v) is 3.61. The van der Waals surface area contributed by atoms with Gasteiger partial charge in [-0.1, -0.05) is 0 Å². The summed E-state index contributed by atoms with van der Waals surface area (Å²) >= 11 is 0. The fraction of sp³-hybridized carbons (Fsp3) is 0.273. The Morgan fingerprint density at radius 3 is 2.54 bits per heavy atom. The zero-order chi connectivity index (χ0) is 9.59. The first-order valence-electron chi connectivity index (χ1n) is 4.42. The molecule has 2 nitrogen and oxygen atoms in total. The molecular weight excluding hydrogens is 160 g/mol. The number of nitrogen functional groups attached to an aromatic ring is 1. The first-order chi connectivity index (χ1) is 6.09. The van der Waals surface area contributed by atoms with Crippen LogP contribution in [0.4, 0.5) is 5.69 Å². The van der Waals surface area contributed by atoms with Crippen LogP contribution in [0.2, 0.25) is 0 Å². The number of anilines is 1. The number of fused-ring (bicyclic) bond motifs is 1. The van der Waals surface area contributed by atoms with Crippen LogP contribution in [0, 0.1) is 13.8 Å². The van der Waals surface area contributed by atoms with Gasteiger partial charge in [-0.25, -0.2) is 0 Å². The first kappa shape index (κ1) is 8.17. The highest BCUT2D eigenvalue weighted by molar-refractivity contribution is 5.85. The van der Waals surface area contributed by atoms with Gasteiger partial charge in [0, 0.05) is 23.8 Å². The van der Waals surface area contributed by atoms with Gasteiger partial charge in [-0.15, -0.1) is 0 Å². The van der Waals surface area contributed by atoms with Gasteiger partial charge in [-0.2, -0.15) is 0 Å². The van der Waals surface area contributed by atoms with E-state index in [1.54, 1.807) is 0 Å². The van der Waals surface area contributed by atoms with E-state index in [-0.39, 0.29) is 0 Å². The molecule has 1 aromatic heterocycles. The molecule has 68 valence electrons. The Balaban J connectivity index is 2.89. The maximum absolute atomic E-state index is 5.85. The minimum absolute atomic E-state index is 0.869. The number of nitrogens with two attached hydrogens (primary N) is 1. The molecule has 0 bridgehead atoms. The highest BCUT2D eigenvalue weighted by Gasteiger charge is 2.03. The van der Waals surface area contributed by atoms with E-state index >= 15 is 0 Å². The van der Waals surface area contributed by atoms with Crippen molar-refractivity contribution in [3.8, 4) is 0 Å². The third kappa shape index (κ3) is 1.10. The highest BCUT2D eigenvalue weighted by Crippen LogP contribution is 2.23. The fourth-order valence-corrected chi connectivity index (χ4v) is 1.65. The van der Waals surface area contributed by atoms with Crippen LogP contribution < -0.4 is 5.73 Å². The summed E-state index contributed by atoms with van der Waals surface area (Å²) in [5.41, 5.74) is 10.3. The van der Waals surface area contributed by atoms with Crippen molar-refractivity contribution < 1.29 is 0 Å². The van der Waals surface area contributed by atoms with Gasteiger partial charge >= 0.3 is 0 Å². The lowest BCUT2D eigenvalue weighted by Crippen LogP contribution is -1.92. The van der Waals surface area contributed by atoms with Crippen LogP contribution in [0.25, 0.3) is 10.9 Å². The van der Waals surface area contributed by atoms with Crippen LogP contribution in [0.5, 0.6) is 0 Å². The fourth-order valence-electron chi connectivity index (χ4n) is 1.65. The number of benzene rings is 1. The van der Waals surface area contributed by atoms with Crippen molar-refractivity contribution in [1.29, 1.82) is 0 Å². The molecule has 0 saturated carbocycles. The Morgan fingerprint density at radius 1 is 1.15 bits per heavy atom. The number of hydrogen-bond donors (Lipinski definition) is 1. The third-order valence-electron chi connectivity index (χ3n) is 2.67. The van der Waals surface area contributed by atoms with Crippen LogP contribution in [0.1, 0.15) is 11.3 Å². The Morgan fingerprint density at radius 2 is 1.85 bits per heavy atom. The highest BCUT2D eigenvalue weighted by atomic mass is 14.9. The monoisotopic (exact) mass is 174 g/mol. The molecule has 2 N–H and O–H groups in total. The average molecular weight is 174 g/mol. The predicted molar refractivity (Wildman–Crippen MR) is 56.8 cm³/mol. The summed E-state index contributed by atoms with van der Waals surface area (Å²) in [6.07, 6.45) is 0. The van der Waals surface area contributed by atoms with E-state index in [0.29, 0.717) is 0 Å². The smallest absolute Gasteiger partial charge is 0.0500 e. The Hall–Kier alpha value is -1.44. The molecule has 2 aromatic rings. The molecule has 0 saturated heterocycles. The van der Waals surface area contributed by atoms with Gasteiger partial charge < -0.3 is 10.3 Å². The van der Waals surface area contributed by atoms with Crippen molar-refractivity contribution in [2.45, 2.75) is 13.8 Å². The lowest BCUT2D eigenvalue weighted by molar-refractivity contribution is 0.918. The van der Waals surface area contributed by atoms with Crippen LogP contribution >= 0.6 is 0 Å². The Labute approximate surface area is 78.0 Å². The molecule has 2 heteroatoms. The van der Waals surface area contributed by atoms with E-state index in [1.165, 1.54) is 16.6 Å². The summed E-state index contributed by atoms with van der Waals surface area (Å²) < 4.78 is 2.16. The van der Waals surface area contributed by atoms with Crippen molar-refractivity contribution in [2.24, 2.45) is 7.05 Å². The van der Waals surface area contributed by atoms with Gasteiger partial charge in [0.25, 0.3) is 0 Å². The predicted octanol–water partition coefficient (Wildman–Crippen LogP) is 2.38. The maximum atomic E-state index is 5.85. The molecule has 0 atom stereocenters. The minimum atomic E-state index is 0.869. The number of aryl methyl sites for hydroxylation is 3. The molecule has 0 fully saturated rings. The molecule has 13 heavy (non-hydrogen) atoms. The minimum Gasteiger partial charge on any atom is -0.398 e. The number of nitrogens with zero attached hydrogens (tertiary/aromatic N) is 1. The van der Waals surface area contributed by atoms with Gasteiger partial charge in [0.15, 0.2) is 0 Å². The maximum Gasteiger partial charge on any atom is 0.0500 e. The molecule has 0 unspecified atom stereocenters. The molecule has 1 aromatic carbocycles. The number of rotatable bonds is 0. The van der Waals surface area contributed by atoms with Crippen LogP contribution in [-0.2, 0) is 7.05 Å². The Bertz CT molecular complexity index is 466. The van der Waals surface area contributed by atoms with E-state index in [0.717, 1.165) is 11.3 Å². The molecule has 0 aliphatic rings. The van der Waals surface area contributed by atoms with Gasteiger partial charge in [0.1, 0.15) is 0 Å². The van der Waals surface area contributed by atoms with E-state index < -0.39 is 0 Å². The molecule has 0 aliphatic carbocycles. The zero-order valence-corrected chi connectivity index (χ0v) is 8.26. The van der Waals surface area contributed by atoms with Crippen molar-refractivity contribution >= 4 is 16.6 Å². The summed E-state index contributed by atoms with van der Waals surface area (Å²) in [5, 5.41) is 1.27. The molecule has 2 rings (SSSR count). The second kappa shape index (κ2) is 2.52. The molecule has 0 aliphatic heterocycles. The van der Waals surface area contributed by atoms with E-state index in [2.05, 4.69) is 30.7 Å².